The predicted molar refractivity (Wildman–Crippen MR) is 95.1 cm³/mol. The zero-order chi connectivity index (χ0) is 16.0. The SMILES string of the molecule is COc1ccc2c(C=C3SC(=S)N(C)C3=O)c(C)n(C)c2c1. The van der Waals surface area contributed by atoms with Crippen molar-refractivity contribution in [3.63, 3.8) is 0 Å². The molecule has 2 aromatic rings. The first kappa shape index (κ1) is 15.1. The second kappa shape index (κ2) is 5.44. The van der Waals surface area contributed by atoms with Crippen LogP contribution in [0.5, 0.6) is 5.75 Å². The number of amides is 1. The number of nitrogens with zero attached hydrogens (tertiary/aromatic N) is 2. The molecule has 1 saturated heterocycles. The van der Waals surface area contributed by atoms with E-state index in [4.69, 9.17) is 17.0 Å². The third-order valence-electron chi connectivity index (χ3n) is 4.01. The summed E-state index contributed by atoms with van der Waals surface area (Å²) in [6, 6.07) is 5.97. The van der Waals surface area contributed by atoms with Gasteiger partial charge in [-0.2, -0.15) is 0 Å². The number of fused-ring (bicyclic) bond motifs is 1. The zero-order valence-electron chi connectivity index (χ0n) is 12.8. The van der Waals surface area contributed by atoms with Gasteiger partial charge in [0.25, 0.3) is 5.91 Å². The van der Waals surface area contributed by atoms with Crippen LogP contribution in [0.25, 0.3) is 17.0 Å². The summed E-state index contributed by atoms with van der Waals surface area (Å²) in [4.78, 5) is 14.4. The lowest BCUT2D eigenvalue weighted by molar-refractivity contribution is -0.121. The Hall–Kier alpha value is -1.79. The van der Waals surface area contributed by atoms with Crippen LogP contribution in [0.1, 0.15) is 11.3 Å². The van der Waals surface area contributed by atoms with Gasteiger partial charge >= 0.3 is 0 Å². The zero-order valence-corrected chi connectivity index (χ0v) is 14.5. The number of thioether (sulfide) groups is 1. The van der Waals surface area contributed by atoms with Gasteiger partial charge in [-0.3, -0.25) is 9.69 Å². The van der Waals surface area contributed by atoms with Gasteiger partial charge in [0.05, 0.1) is 17.5 Å². The molecule has 0 aliphatic carbocycles. The van der Waals surface area contributed by atoms with Crippen LogP contribution in [0.4, 0.5) is 0 Å². The minimum Gasteiger partial charge on any atom is -0.497 e. The number of methoxy groups -OCH3 is 1. The summed E-state index contributed by atoms with van der Waals surface area (Å²) in [5.74, 6) is 0.777. The van der Waals surface area contributed by atoms with Crippen LogP contribution in [0.2, 0.25) is 0 Å². The fourth-order valence-electron chi connectivity index (χ4n) is 2.56. The molecule has 0 saturated carbocycles. The van der Waals surface area contributed by atoms with Crippen LogP contribution >= 0.6 is 24.0 Å². The number of carbonyl (C=O) groups excluding carboxylic acids is 1. The Bertz CT molecular complexity index is 836. The van der Waals surface area contributed by atoms with Crippen molar-refractivity contribution in [2.75, 3.05) is 14.2 Å². The lowest BCUT2D eigenvalue weighted by atomic mass is 10.1. The molecule has 0 bridgehead atoms. The molecule has 114 valence electrons. The van der Waals surface area contributed by atoms with Gasteiger partial charge in [0, 0.05) is 36.8 Å². The first-order chi connectivity index (χ1) is 10.4. The van der Waals surface area contributed by atoms with Crippen molar-refractivity contribution in [2.45, 2.75) is 6.92 Å². The molecule has 1 aliphatic heterocycles. The minimum absolute atomic E-state index is 0.0417. The fourth-order valence-corrected chi connectivity index (χ4v) is 3.72. The highest BCUT2D eigenvalue weighted by Gasteiger charge is 2.29. The van der Waals surface area contributed by atoms with E-state index in [0.29, 0.717) is 9.23 Å². The van der Waals surface area contributed by atoms with Gasteiger partial charge in [-0.1, -0.05) is 24.0 Å². The van der Waals surface area contributed by atoms with E-state index in [2.05, 4.69) is 4.57 Å². The maximum Gasteiger partial charge on any atom is 0.265 e. The second-order valence-electron chi connectivity index (χ2n) is 5.18. The highest BCUT2D eigenvalue weighted by molar-refractivity contribution is 8.26. The Kier molecular flexibility index (Phi) is 3.74. The van der Waals surface area contributed by atoms with Gasteiger partial charge in [-0.25, -0.2) is 0 Å². The molecule has 1 aromatic heterocycles. The van der Waals surface area contributed by atoms with E-state index in [1.54, 1.807) is 14.2 Å². The number of aromatic nitrogens is 1. The molecule has 0 spiro atoms. The van der Waals surface area contributed by atoms with Gasteiger partial charge in [-0.15, -0.1) is 0 Å². The monoisotopic (exact) mass is 332 g/mol. The maximum absolute atomic E-state index is 12.2. The molecule has 1 amide bonds. The molecule has 0 N–H and O–H groups in total. The lowest BCUT2D eigenvalue weighted by Gasteiger charge is -2.03. The minimum atomic E-state index is -0.0417. The van der Waals surface area contributed by atoms with Crippen molar-refractivity contribution in [1.29, 1.82) is 0 Å². The average molecular weight is 332 g/mol. The summed E-state index contributed by atoms with van der Waals surface area (Å²) in [6.07, 6.45) is 1.94. The first-order valence-corrected chi connectivity index (χ1v) is 8.01. The average Bonchev–Trinajstić information content (AvgIpc) is 2.90. The summed E-state index contributed by atoms with van der Waals surface area (Å²) in [5.41, 5.74) is 3.23. The Morgan fingerprint density at radius 3 is 2.64 bits per heavy atom. The molecule has 1 aromatic carbocycles. The van der Waals surface area contributed by atoms with Crippen LogP contribution < -0.4 is 4.74 Å². The summed E-state index contributed by atoms with van der Waals surface area (Å²) in [7, 11) is 5.38. The van der Waals surface area contributed by atoms with Crippen molar-refractivity contribution >= 4 is 51.2 Å². The molecule has 0 unspecified atom stereocenters. The van der Waals surface area contributed by atoms with Crippen LogP contribution in [-0.2, 0) is 11.8 Å². The predicted octanol–water partition coefficient (Wildman–Crippen LogP) is 3.33. The number of ether oxygens (including phenoxy) is 1. The third-order valence-corrected chi connectivity index (χ3v) is 5.50. The van der Waals surface area contributed by atoms with Crippen molar-refractivity contribution in [2.24, 2.45) is 7.05 Å². The van der Waals surface area contributed by atoms with E-state index < -0.39 is 0 Å². The molecule has 1 aliphatic rings. The Balaban J connectivity index is 2.18. The number of thiocarbonyl (C=S) groups is 1. The third kappa shape index (κ3) is 2.23. The summed E-state index contributed by atoms with van der Waals surface area (Å²) in [6.45, 7) is 2.05. The standard InChI is InChI=1S/C16H16N2O2S2/c1-9-12(8-14-15(19)18(3)16(21)22-14)11-6-5-10(20-4)7-13(11)17(9)2/h5-8H,1-4H3. The normalized spacial score (nSPS) is 17.1. The van der Waals surface area contributed by atoms with Crippen LogP contribution in [0.15, 0.2) is 23.1 Å². The number of benzene rings is 1. The Labute approximate surface area is 138 Å². The highest BCUT2D eigenvalue weighted by Crippen LogP contribution is 2.35. The van der Waals surface area contributed by atoms with Crippen LogP contribution in [0.3, 0.4) is 0 Å². The van der Waals surface area contributed by atoms with Gasteiger partial charge in [0.15, 0.2) is 0 Å². The number of hydrogen-bond acceptors (Lipinski definition) is 4. The maximum atomic E-state index is 12.2. The fraction of sp³-hybridized carbons (Fsp3) is 0.250. The van der Waals surface area contributed by atoms with Crippen LogP contribution in [-0.4, -0.2) is 33.9 Å². The number of hydrogen-bond donors (Lipinski definition) is 0. The largest absolute Gasteiger partial charge is 0.497 e. The molecule has 4 nitrogen and oxygen atoms in total. The Morgan fingerprint density at radius 1 is 1.32 bits per heavy atom. The molecule has 1 fully saturated rings. The topological polar surface area (TPSA) is 34.5 Å². The number of likely N-dealkylation sites (N-methyl/N-ethyl adjacent to an activating group) is 1. The molecule has 22 heavy (non-hydrogen) atoms. The van der Waals surface area contributed by atoms with E-state index >= 15 is 0 Å². The van der Waals surface area contributed by atoms with E-state index in [-0.39, 0.29) is 5.91 Å². The number of aryl methyl sites for hydroxylation is 1. The van der Waals surface area contributed by atoms with Crippen molar-refractivity contribution in [3.8, 4) is 5.75 Å². The smallest absolute Gasteiger partial charge is 0.265 e. The molecule has 0 radical (unpaired) electrons. The lowest BCUT2D eigenvalue weighted by Crippen LogP contribution is -2.22. The van der Waals surface area contributed by atoms with E-state index in [1.807, 2.05) is 38.2 Å². The van der Waals surface area contributed by atoms with Gasteiger partial charge in [0.1, 0.15) is 10.1 Å². The van der Waals surface area contributed by atoms with Gasteiger partial charge in [-0.05, 0) is 25.1 Å². The van der Waals surface area contributed by atoms with Crippen LogP contribution in [0, 0.1) is 6.92 Å². The van der Waals surface area contributed by atoms with Crippen molar-refractivity contribution < 1.29 is 9.53 Å². The van der Waals surface area contributed by atoms with Gasteiger partial charge in [0.2, 0.25) is 0 Å². The summed E-state index contributed by atoms with van der Waals surface area (Å²) in [5, 5.41) is 1.10. The molecule has 6 heteroatoms. The summed E-state index contributed by atoms with van der Waals surface area (Å²) >= 11 is 6.53. The quantitative estimate of drug-likeness (QED) is 0.624. The first-order valence-electron chi connectivity index (χ1n) is 6.78. The Morgan fingerprint density at radius 2 is 2.05 bits per heavy atom. The van der Waals surface area contributed by atoms with Gasteiger partial charge < -0.3 is 9.30 Å². The number of rotatable bonds is 2. The summed E-state index contributed by atoms with van der Waals surface area (Å²) < 4.78 is 8.00. The van der Waals surface area contributed by atoms with Crippen molar-refractivity contribution in [3.05, 3.63) is 34.4 Å². The molecular weight excluding hydrogens is 316 g/mol. The molecule has 0 atom stereocenters. The van der Waals surface area contributed by atoms with E-state index in [9.17, 15) is 4.79 Å². The van der Waals surface area contributed by atoms with E-state index in [1.165, 1.54) is 16.7 Å². The molecule has 2 heterocycles. The number of carbonyl (C=O) groups is 1. The highest BCUT2D eigenvalue weighted by atomic mass is 32.2. The van der Waals surface area contributed by atoms with Crippen molar-refractivity contribution in [1.82, 2.24) is 9.47 Å². The second-order valence-corrected chi connectivity index (χ2v) is 6.86. The molecule has 3 rings (SSSR count). The van der Waals surface area contributed by atoms with E-state index in [0.717, 1.165) is 27.9 Å². The molecular formula is C16H16N2O2S2.